The van der Waals surface area contributed by atoms with Crippen molar-refractivity contribution in [1.82, 2.24) is 14.6 Å². The Morgan fingerprint density at radius 3 is 2.32 bits per heavy atom. The van der Waals surface area contributed by atoms with Crippen LogP contribution >= 0.6 is 0 Å². The van der Waals surface area contributed by atoms with Gasteiger partial charge in [-0.2, -0.15) is 9.61 Å². The summed E-state index contributed by atoms with van der Waals surface area (Å²) in [7, 11) is 0. The second kappa shape index (κ2) is 8.89. The van der Waals surface area contributed by atoms with Crippen molar-refractivity contribution in [3.05, 3.63) is 77.2 Å². The van der Waals surface area contributed by atoms with Gasteiger partial charge in [-0.3, -0.25) is 4.79 Å². The molecule has 1 aliphatic heterocycles. The molecule has 7 heteroatoms. The van der Waals surface area contributed by atoms with Crippen LogP contribution in [0, 0.1) is 32.5 Å². The summed E-state index contributed by atoms with van der Waals surface area (Å²) in [5.74, 6) is 0.747. The maximum absolute atomic E-state index is 13.3. The molecule has 6 nitrogen and oxygen atoms in total. The van der Waals surface area contributed by atoms with Crippen LogP contribution in [0.15, 0.2) is 54.6 Å². The number of carbonyl (C=O) groups excluding carboxylic acids is 1. The first-order valence-corrected chi connectivity index (χ1v) is 11.6. The van der Waals surface area contributed by atoms with E-state index in [2.05, 4.69) is 21.3 Å². The van der Waals surface area contributed by atoms with E-state index in [0.717, 1.165) is 71.2 Å². The number of carbonyl (C=O) groups is 1. The molecular weight excluding hydrogens is 429 g/mol. The molecule has 2 aromatic carbocycles. The summed E-state index contributed by atoms with van der Waals surface area (Å²) in [5, 5.41) is 7.87. The van der Waals surface area contributed by atoms with Crippen molar-refractivity contribution in [3.8, 4) is 11.3 Å². The van der Waals surface area contributed by atoms with E-state index in [9.17, 15) is 9.18 Å². The number of hydrogen-bond donors (Lipinski definition) is 1. The molecular formula is C27H28FN5O. The van der Waals surface area contributed by atoms with Gasteiger partial charge in [0.25, 0.3) is 0 Å². The quantitative estimate of drug-likeness (QED) is 0.451. The van der Waals surface area contributed by atoms with Crippen LogP contribution in [-0.4, -0.2) is 33.6 Å². The first-order chi connectivity index (χ1) is 16.4. The SMILES string of the molecule is Cc1cc(C)cc(NC(=O)C2CCN(c3cc(C)nc4cc(-c5ccc(F)cc5)nn34)CC2)c1. The molecule has 34 heavy (non-hydrogen) atoms. The van der Waals surface area contributed by atoms with Gasteiger partial charge < -0.3 is 10.2 Å². The molecule has 1 saturated heterocycles. The van der Waals surface area contributed by atoms with Crippen LogP contribution in [-0.2, 0) is 4.79 Å². The normalized spacial score (nSPS) is 14.5. The highest BCUT2D eigenvalue weighted by Crippen LogP contribution is 2.28. The fraction of sp³-hybridized carbons (Fsp3) is 0.296. The molecule has 1 N–H and O–H groups in total. The van der Waals surface area contributed by atoms with Crippen molar-refractivity contribution < 1.29 is 9.18 Å². The molecule has 2 aromatic heterocycles. The van der Waals surface area contributed by atoms with E-state index in [1.54, 1.807) is 12.1 Å². The van der Waals surface area contributed by atoms with Crippen LogP contribution < -0.4 is 10.2 Å². The van der Waals surface area contributed by atoms with Crippen LogP contribution in [0.5, 0.6) is 0 Å². The van der Waals surface area contributed by atoms with Crippen molar-refractivity contribution in [1.29, 1.82) is 0 Å². The molecule has 5 rings (SSSR count). The third kappa shape index (κ3) is 4.51. The first kappa shape index (κ1) is 22.1. The molecule has 0 spiro atoms. The molecule has 0 saturated carbocycles. The monoisotopic (exact) mass is 457 g/mol. The molecule has 4 aromatic rings. The lowest BCUT2D eigenvalue weighted by atomic mass is 9.95. The number of piperidine rings is 1. The standard InChI is InChI=1S/C27H28FN5O/c1-17-12-18(2)14-23(13-17)30-27(34)21-8-10-32(11-9-21)26-15-19(3)29-25-16-24(31-33(25)26)20-4-6-22(28)7-5-20/h4-7,12-16,21H,8-11H2,1-3H3,(H,30,34). The van der Waals surface area contributed by atoms with Crippen molar-refractivity contribution in [2.24, 2.45) is 5.92 Å². The zero-order valence-electron chi connectivity index (χ0n) is 19.7. The van der Waals surface area contributed by atoms with Gasteiger partial charge in [-0.05, 0) is 81.1 Å². The third-order valence-corrected chi connectivity index (χ3v) is 6.36. The van der Waals surface area contributed by atoms with Crippen molar-refractivity contribution >= 4 is 23.1 Å². The molecule has 1 amide bonds. The Morgan fingerprint density at radius 2 is 1.65 bits per heavy atom. The Morgan fingerprint density at radius 1 is 0.971 bits per heavy atom. The first-order valence-electron chi connectivity index (χ1n) is 11.6. The summed E-state index contributed by atoms with van der Waals surface area (Å²) in [5.41, 5.74) is 6.40. The van der Waals surface area contributed by atoms with E-state index in [-0.39, 0.29) is 17.6 Å². The van der Waals surface area contributed by atoms with Crippen molar-refractivity contribution in [3.63, 3.8) is 0 Å². The molecule has 0 radical (unpaired) electrons. The summed E-state index contributed by atoms with van der Waals surface area (Å²) in [6, 6.07) is 16.4. The van der Waals surface area contributed by atoms with E-state index in [1.807, 2.05) is 49.6 Å². The van der Waals surface area contributed by atoms with Gasteiger partial charge in [0, 0.05) is 48.1 Å². The van der Waals surface area contributed by atoms with Gasteiger partial charge >= 0.3 is 0 Å². The predicted octanol–water partition coefficient (Wildman–Crippen LogP) is 5.32. The molecule has 0 aliphatic carbocycles. The summed E-state index contributed by atoms with van der Waals surface area (Å²) in [6.07, 6.45) is 1.54. The van der Waals surface area contributed by atoms with Gasteiger partial charge in [0.1, 0.15) is 11.6 Å². The fourth-order valence-corrected chi connectivity index (χ4v) is 4.73. The van der Waals surface area contributed by atoms with Crippen molar-refractivity contribution in [2.45, 2.75) is 33.6 Å². The number of anilines is 2. The van der Waals surface area contributed by atoms with E-state index in [1.165, 1.54) is 12.1 Å². The second-order valence-corrected chi connectivity index (χ2v) is 9.19. The number of amides is 1. The molecule has 174 valence electrons. The average Bonchev–Trinajstić information content (AvgIpc) is 3.22. The number of halogens is 1. The number of fused-ring (bicyclic) bond motifs is 1. The van der Waals surface area contributed by atoms with Gasteiger partial charge in [0.2, 0.25) is 5.91 Å². The Bertz CT molecular complexity index is 1330. The zero-order chi connectivity index (χ0) is 23.8. The number of benzene rings is 2. The van der Waals surface area contributed by atoms with Crippen LogP contribution in [0.3, 0.4) is 0 Å². The lowest BCUT2D eigenvalue weighted by molar-refractivity contribution is -0.120. The minimum Gasteiger partial charge on any atom is -0.356 e. The predicted molar refractivity (Wildman–Crippen MR) is 133 cm³/mol. The Labute approximate surface area is 198 Å². The van der Waals surface area contributed by atoms with Crippen LogP contribution in [0.4, 0.5) is 15.9 Å². The maximum atomic E-state index is 13.3. The molecule has 0 unspecified atom stereocenters. The Kier molecular flexibility index (Phi) is 5.77. The van der Waals surface area contributed by atoms with E-state index in [4.69, 9.17) is 5.10 Å². The minimum absolute atomic E-state index is 0.0251. The van der Waals surface area contributed by atoms with E-state index in [0.29, 0.717) is 0 Å². The molecule has 1 aliphatic rings. The van der Waals surface area contributed by atoms with Crippen LogP contribution in [0.1, 0.15) is 29.7 Å². The van der Waals surface area contributed by atoms with Crippen molar-refractivity contribution in [2.75, 3.05) is 23.3 Å². The van der Waals surface area contributed by atoms with Gasteiger partial charge in [-0.25, -0.2) is 9.37 Å². The minimum atomic E-state index is -0.272. The summed E-state index contributed by atoms with van der Waals surface area (Å²) < 4.78 is 15.2. The largest absolute Gasteiger partial charge is 0.356 e. The lowest BCUT2D eigenvalue weighted by Crippen LogP contribution is -2.39. The van der Waals surface area contributed by atoms with Gasteiger partial charge in [0.05, 0.1) is 5.69 Å². The number of nitrogens with zero attached hydrogens (tertiary/aromatic N) is 4. The number of hydrogen-bond acceptors (Lipinski definition) is 4. The number of rotatable bonds is 4. The lowest BCUT2D eigenvalue weighted by Gasteiger charge is -2.33. The average molecular weight is 458 g/mol. The highest BCUT2D eigenvalue weighted by atomic mass is 19.1. The topological polar surface area (TPSA) is 62.5 Å². The van der Waals surface area contributed by atoms with Gasteiger partial charge in [0.15, 0.2) is 5.65 Å². The number of aromatic nitrogens is 3. The number of nitrogens with one attached hydrogen (secondary N) is 1. The molecule has 1 fully saturated rings. The van der Waals surface area contributed by atoms with Gasteiger partial charge in [-0.1, -0.05) is 6.07 Å². The highest BCUT2D eigenvalue weighted by Gasteiger charge is 2.27. The fourth-order valence-electron chi connectivity index (χ4n) is 4.73. The molecule has 0 bridgehead atoms. The van der Waals surface area contributed by atoms with E-state index >= 15 is 0 Å². The third-order valence-electron chi connectivity index (χ3n) is 6.36. The Balaban J connectivity index is 1.33. The van der Waals surface area contributed by atoms with Crippen LogP contribution in [0.2, 0.25) is 0 Å². The maximum Gasteiger partial charge on any atom is 0.227 e. The summed E-state index contributed by atoms with van der Waals surface area (Å²) in [4.78, 5) is 19.8. The second-order valence-electron chi connectivity index (χ2n) is 9.19. The summed E-state index contributed by atoms with van der Waals surface area (Å²) in [6.45, 7) is 7.56. The molecule has 0 atom stereocenters. The highest BCUT2D eigenvalue weighted by molar-refractivity contribution is 5.92. The number of aryl methyl sites for hydroxylation is 3. The molecule has 3 heterocycles. The van der Waals surface area contributed by atoms with E-state index < -0.39 is 0 Å². The zero-order valence-corrected chi connectivity index (χ0v) is 19.7. The summed E-state index contributed by atoms with van der Waals surface area (Å²) >= 11 is 0. The van der Waals surface area contributed by atoms with Crippen LogP contribution in [0.25, 0.3) is 16.9 Å². The smallest absolute Gasteiger partial charge is 0.227 e. The van der Waals surface area contributed by atoms with Gasteiger partial charge in [-0.15, -0.1) is 0 Å². The Hall–Kier alpha value is -3.74.